The van der Waals surface area contributed by atoms with Crippen molar-refractivity contribution >= 4 is 5.91 Å². The minimum absolute atomic E-state index is 0.101. The molecule has 1 amide bonds. The van der Waals surface area contributed by atoms with Crippen LogP contribution in [0.25, 0.3) is 0 Å². The molecule has 3 atom stereocenters. The third kappa shape index (κ3) is 2.66. The maximum Gasteiger partial charge on any atom is 0.282 e. The van der Waals surface area contributed by atoms with E-state index < -0.39 is 23.6 Å². The Balaban J connectivity index is 1.74. The van der Waals surface area contributed by atoms with Gasteiger partial charge in [0.2, 0.25) is 0 Å². The standard InChI is InChI=1S/C20H22F3N3O/c1-3-4-15-12-7-8-20(15,16-6-5-11(21)9-13(12)16)24-19(27)14-10-26(2)25-17(14)18(22)23/h5-6,9-10,12,15,18H,3-4,7-8H2,1-2H3,(H,24,27). The van der Waals surface area contributed by atoms with Crippen LogP contribution in [0, 0.1) is 11.7 Å². The van der Waals surface area contributed by atoms with E-state index in [9.17, 15) is 18.0 Å². The number of hydrogen-bond acceptors (Lipinski definition) is 2. The van der Waals surface area contributed by atoms with Gasteiger partial charge in [0.1, 0.15) is 11.5 Å². The predicted molar refractivity (Wildman–Crippen MR) is 94.1 cm³/mol. The zero-order chi connectivity index (χ0) is 19.3. The van der Waals surface area contributed by atoms with Crippen LogP contribution < -0.4 is 5.32 Å². The molecule has 0 aliphatic heterocycles. The molecule has 1 saturated carbocycles. The van der Waals surface area contributed by atoms with E-state index in [1.165, 1.54) is 24.0 Å². The van der Waals surface area contributed by atoms with Crippen LogP contribution in [0.1, 0.15) is 72.1 Å². The molecule has 1 aromatic carbocycles. The average Bonchev–Trinajstić information content (AvgIpc) is 3.24. The van der Waals surface area contributed by atoms with Gasteiger partial charge < -0.3 is 5.32 Å². The molecular formula is C20H22F3N3O. The van der Waals surface area contributed by atoms with Gasteiger partial charge in [-0.05, 0) is 54.4 Å². The highest BCUT2D eigenvalue weighted by Gasteiger charge is 2.57. The third-order valence-corrected chi connectivity index (χ3v) is 6.11. The normalized spacial score (nSPS) is 25.9. The molecule has 2 aromatic rings. The Kier molecular flexibility index (Phi) is 4.28. The zero-order valence-electron chi connectivity index (χ0n) is 15.3. The molecular weight excluding hydrogens is 355 g/mol. The fourth-order valence-electron chi connectivity index (χ4n) is 5.16. The molecule has 1 N–H and O–H groups in total. The molecule has 4 rings (SSSR count). The number of halogens is 3. The molecule has 2 aliphatic rings. The van der Waals surface area contributed by atoms with Gasteiger partial charge in [0.25, 0.3) is 12.3 Å². The molecule has 7 heteroatoms. The lowest BCUT2D eigenvalue weighted by molar-refractivity contribution is 0.0856. The van der Waals surface area contributed by atoms with E-state index in [1.807, 2.05) is 0 Å². The van der Waals surface area contributed by atoms with E-state index >= 15 is 0 Å². The van der Waals surface area contributed by atoms with Gasteiger partial charge in [0.05, 0.1) is 11.1 Å². The van der Waals surface area contributed by atoms with Crippen molar-refractivity contribution in [3.05, 3.63) is 52.6 Å². The van der Waals surface area contributed by atoms with E-state index in [-0.39, 0.29) is 23.2 Å². The molecule has 4 nitrogen and oxygen atoms in total. The highest BCUT2D eigenvalue weighted by molar-refractivity contribution is 5.96. The first-order chi connectivity index (χ1) is 12.9. The minimum Gasteiger partial charge on any atom is -0.342 e. The number of alkyl halides is 2. The lowest BCUT2D eigenvalue weighted by atomic mass is 9.82. The van der Waals surface area contributed by atoms with Crippen molar-refractivity contribution in [2.75, 3.05) is 0 Å². The van der Waals surface area contributed by atoms with Gasteiger partial charge in [-0.15, -0.1) is 0 Å². The summed E-state index contributed by atoms with van der Waals surface area (Å²) in [7, 11) is 1.51. The second-order valence-corrected chi connectivity index (χ2v) is 7.60. The van der Waals surface area contributed by atoms with Gasteiger partial charge in [-0.2, -0.15) is 5.10 Å². The number of aryl methyl sites for hydroxylation is 1. The summed E-state index contributed by atoms with van der Waals surface area (Å²) in [5.74, 6) is -0.489. The second-order valence-electron chi connectivity index (χ2n) is 7.60. The molecule has 2 bridgehead atoms. The largest absolute Gasteiger partial charge is 0.342 e. The number of amides is 1. The first-order valence-electron chi connectivity index (χ1n) is 9.31. The van der Waals surface area contributed by atoms with E-state index in [0.717, 1.165) is 36.8 Å². The number of nitrogens with zero attached hydrogens (tertiary/aromatic N) is 2. The van der Waals surface area contributed by atoms with Gasteiger partial charge in [-0.3, -0.25) is 9.48 Å². The Morgan fingerprint density at radius 2 is 2.22 bits per heavy atom. The molecule has 1 aromatic heterocycles. The number of aromatic nitrogens is 2. The topological polar surface area (TPSA) is 46.9 Å². The summed E-state index contributed by atoms with van der Waals surface area (Å²) in [4.78, 5) is 13.0. The molecule has 0 radical (unpaired) electrons. The van der Waals surface area contributed by atoms with Crippen LogP contribution >= 0.6 is 0 Å². The van der Waals surface area contributed by atoms with Gasteiger partial charge in [0, 0.05) is 13.2 Å². The van der Waals surface area contributed by atoms with Crippen molar-refractivity contribution in [3.8, 4) is 0 Å². The van der Waals surface area contributed by atoms with Crippen molar-refractivity contribution in [1.29, 1.82) is 0 Å². The molecule has 0 spiro atoms. The summed E-state index contributed by atoms with van der Waals surface area (Å²) in [5.41, 5.74) is 0.631. The van der Waals surface area contributed by atoms with Crippen molar-refractivity contribution < 1.29 is 18.0 Å². The van der Waals surface area contributed by atoms with Crippen molar-refractivity contribution in [2.24, 2.45) is 13.0 Å². The fraction of sp³-hybridized carbons (Fsp3) is 0.500. The van der Waals surface area contributed by atoms with E-state index in [1.54, 1.807) is 12.1 Å². The SMILES string of the molecule is CCCC1C2CCC1(NC(=O)c1cn(C)nc1C(F)F)c1ccc(F)cc12. The summed E-state index contributed by atoms with van der Waals surface area (Å²) in [5, 5.41) is 6.80. The Morgan fingerprint density at radius 3 is 2.93 bits per heavy atom. The Hall–Kier alpha value is -2.31. The molecule has 2 aliphatic carbocycles. The molecule has 3 unspecified atom stereocenters. The van der Waals surface area contributed by atoms with Gasteiger partial charge in [-0.25, -0.2) is 13.2 Å². The van der Waals surface area contributed by atoms with Crippen LogP contribution in [-0.2, 0) is 12.6 Å². The van der Waals surface area contributed by atoms with Gasteiger partial charge in [0.15, 0.2) is 0 Å². The van der Waals surface area contributed by atoms with Crippen LogP contribution in [0.15, 0.2) is 24.4 Å². The highest BCUT2D eigenvalue weighted by atomic mass is 19.3. The summed E-state index contributed by atoms with van der Waals surface area (Å²) >= 11 is 0. The quantitative estimate of drug-likeness (QED) is 0.838. The molecule has 144 valence electrons. The van der Waals surface area contributed by atoms with Crippen LogP contribution in [0.5, 0.6) is 0 Å². The number of fused-ring (bicyclic) bond motifs is 5. The number of nitrogens with one attached hydrogen (secondary N) is 1. The number of carbonyl (C=O) groups excluding carboxylic acids is 1. The van der Waals surface area contributed by atoms with Crippen molar-refractivity contribution in [1.82, 2.24) is 15.1 Å². The first kappa shape index (κ1) is 18.1. The number of benzene rings is 1. The number of carbonyl (C=O) groups is 1. The Bertz CT molecular complexity index is 895. The monoisotopic (exact) mass is 377 g/mol. The van der Waals surface area contributed by atoms with Gasteiger partial charge in [-0.1, -0.05) is 19.4 Å². The zero-order valence-corrected chi connectivity index (χ0v) is 15.3. The maximum atomic E-state index is 13.8. The van der Waals surface area contributed by atoms with E-state index in [4.69, 9.17) is 0 Å². The van der Waals surface area contributed by atoms with Crippen LogP contribution in [0.4, 0.5) is 13.2 Å². The second kappa shape index (κ2) is 6.39. The van der Waals surface area contributed by atoms with E-state index in [0.29, 0.717) is 0 Å². The lowest BCUT2D eigenvalue weighted by Gasteiger charge is -2.34. The van der Waals surface area contributed by atoms with Crippen molar-refractivity contribution in [3.63, 3.8) is 0 Å². The third-order valence-electron chi connectivity index (χ3n) is 6.11. The van der Waals surface area contributed by atoms with Gasteiger partial charge >= 0.3 is 0 Å². The first-order valence-corrected chi connectivity index (χ1v) is 9.31. The smallest absolute Gasteiger partial charge is 0.282 e. The number of hydrogen-bond donors (Lipinski definition) is 1. The summed E-state index contributed by atoms with van der Waals surface area (Å²) in [6, 6.07) is 4.71. The Labute approximate surface area is 155 Å². The average molecular weight is 377 g/mol. The van der Waals surface area contributed by atoms with Crippen molar-refractivity contribution in [2.45, 2.75) is 50.5 Å². The minimum atomic E-state index is -2.82. The molecule has 0 saturated heterocycles. The fourth-order valence-corrected chi connectivity index (χ4v) is 5.16. The molecule has 1 fully saturated rings. The highest BCUT2D eigenvalue weighted by Crippen LogP contribution is 2.61. The van der Waals surface area contributed by atoms with Crippen LogP contribution in [0.3, 0.4) is 0 Å². The van der Waals surface area contributed by atoms with Crippen LogP contribution in [-0.4, -0.2) is 15.7 Å². The molecule has 1 heterocycles. The lowest BCUT2D eigenvalue weighted by Crippen LogP contribution is -2.47. The van der Waals surface area contributed by atoms with Crippen LogP contribution in [0.2, 0.25) is 0 Å². The number of rotatable bonds is 5. The van der Waals surface area contributed by atoms with E-state index in [2.05, 4.69) is 17.3 Å². The maximum absolute atomic E-state index is 13.8. The Morgan fingerprint density at radius 1 is 1.44 bits per heavy atom. The summed E-state index contributed by atoms with van der Waals surface area (Å²) < 4.78 is 41.6. The predicted octanol–water partition coefficient (Wildman–Crippen LogP) is 4.43. The summed E-state index contributed by atoms with van der Waals surface area (Å²) in [6.07, 6.45) is 1.92. The summed E-state index contributed by atoms with van der Waals surface area (Å²) in [6.45, 7) is 2.08. The molecule has 27 heavy (non-hydrogen) atoms.